The van der Waals surface area contributed by atoms with E-state index >= 15 is 0 Å². The fraction of sp³-hybridized carbons (Fsp3) is 0.944. The van der Waals surface area contributed by atoms with Gasteiger partial charge in [0.1, 0.15) is 0 Å². The first-order valence-corrected chi connectivity index (χ1v) is 9.43. The Bertz CT molecular complexity index is 349. The molecule has 2 saturated heterocycles. The van der Waals surface area contributed by atoms with E-state index < -0.39 is 0 Å². The van der Waals surface area contributed by atoms with Crippen molar-refractivity contribution in [3.63, 3.8) is 0 Å². The summed E-state index contributed by atoms with van der Waals surface area (Å²) in [4.78, 5) is 14.7. The molecular weight excluding hydrogens is 276 g/mol. The first-order valence-electron chi connectivity index (χ1n) is 9.43. The molecule has 22 heavy (non-hydrogen) atoms. The Kier molecular flexibility index (Phi) is 6.13. The van der Waals surface area contributed by atoms with Crippen molar-refractivity contribution in [3.8, 4) is 0 Å². The molecule has 0 aromatic heterocycles. The number of likely N-dealkylation sites (tertiary alicyclic amines) is 1. The maximum absolute atomic E-state index is 12.6. The van der Waals surface area contributed by atoms with Crippen LogP contribution in [0.1, 0.15) is 64.2 Å². The smallest absolute Gasteiger partial charge is 0.222 e. The van der Waals surface area contributed by atoms with Crippen LogP contribution in [-0.2, 0) is 9.53 Å². The third kappa shape index (κ3) is 4.69. The highest BCUT2D eigenvalue weighted by atomic mass is 16.5. The largest absolute Gasteiger partial charge is 0.381 e. The lowest BCUT2D eigenvalue weighted by molar-refractivity contribution is -0.133. The van der Waals surface area contributed by atoms with Crippen LogP contribution in [0.2, 0.25) is 0 Å². The van der Waals surface area contributed by atoms with Crippen LogP contribution >= 0.6 is 0 Å². The summed E-state index contributed by atoms with van der Waals surface area (Å²) in [5.41, 5.74) is 0. The van der Waals surface area contributed by atoms with Gasteiger partial charge in [0.25, 0.3) is 0 Å². The zero-order valence-electron chi connectivity index (χ0n) is 13.9. The minimum Gasteiger partial charge on any atom is -0.381 e. The van der Waals surface area contributed by atoms with Gasteiger partial charge in [-0.3, -0.25) is 4.79 Å². The van der Waals surface area contributed by atoms with Gasteiger partial charge in [-0.25, -0.2) is 0 Å². The number of nitrogens with zero attached hydrogens (tertiary/aromatic N) is 1. The van der Waals surface area contributed by atoms with Crippen molar-refractivity contribution in [1.82, 2.24) is 10.2 Å². The average molecular weight is 308 g/mol. The number of amides is 1. The number of nitrogens with one attached hydrogen (secondary N) is 1. The molecule has 126 valence electrons. The number of hydrogen-bond donors (Lipinski definition) is 1. The number of piperidine rings is 1. The highest BCUT2D eigenvalue weighted by Gasteiger charge is 2.27. The topological polar surface area (TPSA) is 41.6 Å². The van der Waals surface area contributed by atoms with Crippen molar-refractivity contribution >= 4 is 5.91 Å². The van der Waals surface area contributed by atoms with Crippen LogP contribution in [0.15, 0.2) is 0 Å². The molecule has 1 amide bonds. The van der Waals surface area contributed by atoms with E-state index in [9.17, 15) is 4.79 Å². The molecule has 0 bridgehead atoms. The van der Waals surface area contributed by atoms with E-state index in [2.05, 4.69) is 10.2 Å². The van der Waals surface area contributed by atoms with Crippen molar-refractivity contribution in [3.05, 3.63) is 0 Å². The molecule has 3 rings (SSSR count). The molecule has 1 N–H and O–H groups in total. The van der Waals surface area contributed by atoms with Crippen LogP contribution in [0, 0.1) is 5.92 Å². The highest BCUT2D eigenvalue weighted by molar-refractivity contribution is 5.76. The molecule has 1 saturated carbocycles. The molecule has 4 nitrogen and oxygen atoms in total. The molecule has 1 atom stereocenters. The Morgan fingerprint density at radius 1 is 0.955 bits per heavy atom. The number of carbonyl (C=O) groups excluding carboxylic acids is 1. The lowest BCUT2D eigenvalue weighted by atomic mass is 9.86. The molecule has 3 aliphatic rings. The zero-order valence-corrected chi connectivity index (χ0v) is 13.9. The van der Waals surface area contributed by atoms with Gasteiger partial charge in [-0.2, -0.15) is 0 Å². The van der Waals surface area contributed by atoms with Crippen molar-refractivity contribution in [1.29, 1.82) is 0 Å². The lowest BCUT2D eigenvalue weighted by Crippen LogP contribution is -2.51. The maximum Gasteiger partial charge on any atom is 0.222 e. The van der Waals surface area contributed by atoms with Crippen LogP contribution in [-0.4, -0.2) is 49.2 Å². The predicted octanol–water partition coefficient (Wildman–Crippen LogP) is 2.72. The van der Waals surface area contributed by atoms with E-state index in [1.54, 1.807) is 0 Å². The standard InChI is InChI=1S/C18H32N2O2/c21-18(13-15-5-2-1-3-6-15)20-10-4-7-17(14-20)19-16-8-11-22-12-9-16/h15-17,19H,1-14H2. The van der Waals surface area contributed by atoms with Crippen LogP contribution in [0.4, 0.5) is 0 Å². The lowest BCUT2D eigenvalue weighted by Gasteiger charge is -2.37. The van der Waals surface area contributed by atoms with Crippen molar-refractivity contribution in [2.24, 2.45) is 5.92 Å². The Morgan fingerprint density at radius 2 is 1.73 bits per heavy atom. The monoisotopic (exact) mass is 308 g/mol. The molecule has 4 heteroatoms. The molecule has 3 fully saturated rings. The number of ether oxygens (including phenoxy) is 1. The van der Waals surface area contributed by atoms with Gasteiger partial charge >= 0.3 is 0 Å². The third-order valence-electron chi connectivity index (χ3n) is 5.65. The predicted molar refractivity (Wildman–Crippen MR) is 87.8 cm³/mol. The van der Waals surface area contributed by atoms with Crippen molar-refractivity contribution in [2.45, 2.75) is 76.3 Å². The molecule has 0 aromatic rings. The molecule has 1 unspecified atom stereocenters. The van der Waals surface area contributed by atoms with Crippen LogP contribution in [0.25, 0.3) is 0 Å². The third-order valence-corrected chi connectivity index (χ3v) is 5.65. The highest BCUT2D eigenvalue weighted by Crippen LogP contribution is 2.27. The zero-order chi connectivity index (χ0) is 15.2. The van der Waals surface area contributed by atoms with Gasteiger partial charge in [0.15, 0.2) is 0 Å². The summed E-state index contributed by atoms with van der Waals surface area (Å²) in [5.74, 6) is 1.07. The van der Waals surface area contributed by atoms with Crippen molar-refractivity contribution in [2.75, 3.05) is 26.3 Å². The summed E-state index contributed by atoms with van der Waals surface area (Å²) in [6, 6.07) is 1.08. The van der Waals surface area contributed by atoms with E-state index in [0.717, 1.165) is 52.0 Å². The molecular formula is C18H32N2O2. The number of carbonyl (C=O) groups is 1. The summed E-state index contributed by atoms with van der Waals surface area (Å²) in [6.45, 7) is 3.66. The van der Waals surface area contributed by atoms with Gasteiger partial charge in [-0.15, -0.1) is 0 Å². The second kappa shape index (κ2) is 8.30. The summed E-state index contributed by atoms with van der Waals surface area (Å²) >= 11 is 0. The number of hydrogen-bond acceptors (Lipinski definition) is 3. The maximum atomic E-state index is 12.6. The van der Waals surface area contributed by atoms with Gasteiger partial charge in [0, 0.05) is 44.8 Å². The Balaban J connectivity index is 1.43. The van der Waals surface area contributed by atoms with E-state index in [4.69, 9.17) is 4.74 Å². The average Bonchev–Trinajstić information content (AvgIpc) is 2.57. The van der Waals surface area contributed by atoms with E-state index in [-0.39, 0.29) is 0 Å². The molecule has 2 heterocycles. The summed E-state index contributed by atoms with van der Waals surface area (Å²) in [5, 5.41) is 3.77. The van der Waals surface area contributed by atoms with Crippen LogP contribution in [0.3, 0.4) is 0 Å². The second-order valence-corrected chi connectivity index (χ2v) is 7.44. The Morgan fingerprint density at radius 3 is 2.50 bits per heavy atom. The van der Waals surface area contributed by atoms with Crippen LogP contribution < -0.4 is 5.32 Å². The van der Waals surface area contributed by atoms with Gasteiger partial charge in [-0.1, -0.05) is 19.3 Å². The number of rotatable bonds is 4. The SMILES string of the molecule is O=C(CC1CCCCC1)N1CCCC(NC2CCOCC2)C1. The van der Waals surface area contributed by atoms with Gasteiger partial charge < -0.3 is 15.0 Å². The molecule has 0 spiro atoms. The first kappa shape index (κ1) is 16.3. The fourth-order valence-electron chi connectivity index (χ4n) is 4.30. The normalized spacial score (nSPS) is 28.7. The summed E-state index contributed by atoms with van der Waals surface area (Å²) in [6.07, 6.45) is 11.9. The fourth-order valence-corrected chi connectivity index (χ4v) is 4.30. The van der Waals surface area contributed by atoms with Gasteiger partial charge in [0.2, 0.25) is 5.91 Å². The molecule has 0 radical (unpaired) electrons. The minimum atomic E-state index is 0.408. The van der Waals surface area contributed by atoms with Crippen molar-refractivity contribution < 1.29 is 9.53 Å². The minimum absolute atomic E-state index is 0.408. The summed E-state index contributed by atoms with van der Waals surface area (Å²) < 4.78 is 5.43. The quantitative estimate of drug-likeness (QED) is 0.868. The molecule has 2 aliphatic heterocycles. The second-order valence-electron chi connectivity index (χ2n) is 7.44. The summed E-state index contributed by atoms with van der Waals surface area (Å²) in [7, 11) is 0. The van der Waals surface area contributed by atoms with E-state index in [1.807, 2.05) is 0 Å². The van der Waals surface area contributed by atoms with Gasteiger partial charge in [-0.05, 0) is 44.4 Å². The van der Waals surface area contributed by atoms with Crippen LogP contribution in [0.5, 0.6) is 0 Å². The van der Waals surface area contributed by atoms with Gasteiger partial charge in [0.05, 0.1) is 0 Å². The first-order chi connectivity index (χ1) is 10.8. The molecule has 0 aromatic carbocycles. The Hall–Kier alpha value is -0.610. The Labute approximate surface area is 135 Å². The van der Waals surface area contributed by atoms with E-state index in [1.165, 1.54) is 38.5 Å². The molecule has 1 aliphatic carbocycles. The van der Waals surface area contributed by atoms with E-state index in [0.29, 0.717) is 23.9 Å².